The van der Waals surface area contributed by atoms with Crippen molar-refractivity contribution in [3.63, 3.8) is 0 Å². The molecule has 4 aromatic rings. The minimum atomic E-state index is -0.645. The van der Waals surface area contributed by atoms with Gasteiger partial charge in [0.2, 0.25) is 5.78 Å². The van der Waals surface area contributed by atoms with Crippen LogP contribution in [0.5, 0.6) is 0 Å². The topological polar surface area (TPSA) is 109 Å². The number of benzene rings is 1. The van der Waals surface area contributed by atoms with Crippen LogP contribution in [0.25, 0.3) is 16.7 Å². The summed E-state index contributed by atoms with van der Waals surface area (Å²) in [6, 6.07) is 8.18. The number of aromatic nitrogens is 4. The summed E-state index contributed by atoms with van der Waals surface area (Å²) in [5.74, 6) is 1.01. The Hall–Kier alpha value is -4.01. The summed E-state index contributed by atoms with van der Waals surface area (Å²) in [7, 11) is 0. The Balaban J connectivity index is 1.34. The van der Waals surface area contributed by atoms with Gasteiger partial charge >= 0.3 is 5.97 Å². The Morgan fingerprint density at radius 1 is 1.15 bits per heavy atom. The molecule has 1 aliphatic heterocycles. The summed E-state index contributed by atoms with van der Waals surface area (Å²) in [6.07, 6.45) is 1.62. The zero-order valence-corrected chi connectivity index (χ0v) is 18.5. The number of fused-ring (bicyclic) bond motifs is 2. The van der Waals surface area contributed by atoms with Crippen molar-refractivity contribution >= 4 is 22.7 Å². The van der Waals surface area contributed by atoms with E-state index in [0.717, 1.165) is 24.4 Å². The molecule has 0 saturated carbocycles. The van der Waals surface area contributed by atoms with E-state index >= 15 is 0 Å². The number of esters is 1. The molecule has 0 atom stereocenters. The molecule has 0 bridgehead atoms. The van der Waals surface area contributed by atoms with E-state index < -0.39 is 12.6 Å². The minimum absolute atomic E-state index is 0.0970. The fraction of sp³-hybridized carbons (Fsp3) is 0.292. The highest BCUT2D eigenvalue weighted by molar-refractivity contribution is 6.01. The lowest BCUT2D eigenvalue weighted by atomic mass is 10.1. The van der Waals surface area contributed by atoms with Crippen LogP contribution in [0.1, 0.15) is 50.1 Å². The van der Waals surface area contributed by atoms with Crippen molar-refractivity contribution < 1.29 is 18.8 Å². The van der Waals surface area contributed by atoms with E-state index in [1.165, 1.54) is 6.07 Å². The Kier molecular flexibility index (Phi) is 4.96. The van der Waals surface area contributed by atoms with Gasteiger partial charge in [0.25, 0.3) is 5.56 Å². The molecule has 33 heavy (non-hydrogen) atoms. The fourth-order valence-corrected chi connectivity index (χ4v) is 4.36. The van der Waals surface area contributed by atoms with E-state index in [-0.39, 0.29) is 16.9 Å². The molecule has 3 aromatic heterocycles. The van der Waals surface area contributed by atoms with Gasteiger partial charge < -0.3 is 9.26 Å². The van der Waals surface area contributed by atoms with E-state index in [9.17, 15) is 14.4 Å². The van der Waals surface area contributed by atoms with Crippen molar-refractivity contribution in [3.8, 4) is 5.82 Å². The number of ketones is 1. The first-order valence-corrected chi connectivity index (χ1v) is 10.7. The van der Waals surface area contributed by atoms with E-state index in [1.54, 1.807) is 42.7 Å². The molecular weight excluding hydrogens is 424 g/mol. The number of hydrogen-bond donors (Lipinski definition) is 0. The number of ether oxygens (including phenoxy) is 1. The largest absolute Gasteiger partial charge is 0.454 e. The van der Waals surface area contributed by atoms with Crippen molar-refractivity contribution in [1.29, 1.82) is 0 Å². The molecule has 0 amide bonds. The Morgan fingerprint density at radius 2 is 1.97 bits per heavy atom. The third-order valence-electron chi connectivity index (χ3n) is 5.96. The van der Waals surface area contributed by atoms with E-state index in [4.69, 9.17) is 9.26 Å². The smallest absolute Gasteiger partial charge is 0.338 e. The van der Waals surface area contributed by atoms with Gasteiger partial charge in [-0.15, -0.1) is 0 Å². The molecule has 168 valence electrons. The summed E-state index contributed by atoms with van der Waals surface area (Å²) in [5.41, 5.74) is 2.56. The van der Waals surface area contributed by atoms with Gasteiger partial charge in [-0.25, -0.2) is 9.78 Å². The monoisotopic (exact) mass is 446 g/mol. The van der Waals surface area contributed by atoms with Crippen molar-refractivity contribution in [3.05, 3.63) is 74.8 Å². The van der Waals surface area contributed by atoms with Crippen LogP contribution >= 0.6 is 0 Å². The van der Waals surface area contributed by atoms with E-state index in [0.29, 0.717) is 40.3 Å². The highest BCUT2D eigenvalue weighted by atomic mass is 16.5. The molecule has 1 aromatic carbocycles. The second-order valence-corrected chi connectivity index (χ2v) is 8.24. The molecule has 9 nitrogen and oxygen atoms in total. The summed E-state index contributed by atoms with van der Waals surface area (Å²) in [6.45, 7) is 5.72. The molecule has 0 fully saturated rings. The molecule has 0 radical (unpaired) electrons. The fourth-order valence-electron chi connectivity index (χ4n) is 4.36. The second kappa shape index (κ2) is 7.84. The first kappa shape index (κ1) is 20.9. The first-order chi connectivity index (χ1) is 15.8. The van der Waals surface area contributed by atoms with Crippen LogP contribution in [0.3, 0.4) is 0 Å². The van der Waals surface area contributed by atoms with Crippen LogP contribution in [0.4, 0.5) is 0 Å². The first-order valence-electron chi connectivity index (χ1n) is 10.7. The number of carbonyl (C=O) groups is 2. The van der Waals surface area contributed by atoms with E-state index in [2.05, 4.69) is 10.1 Å². The molecule has 0 N–H and O–H groups in total. The van der Waals surface area contributed by atoms with Gasteiger partial charge in [-0.3, -0.25) is 18.7 Å². The number of hydrogen-bond acceptors (Lipinski definition) is 7. The lowest BCUT2D eigenvalue weighted by Gasteiger charge is -2.08. The van der Waals surface area contributed by atoms with Gasteiger partial charge in [-0.1, -0.05) is 5.16 Å². The lowest BCUT2D eigenvalue weighted by Crippen LogP contribution is -2.21. The standard InChI is InChI=1S/C24H22N4O5/c1-13-9-18(15(3)28(13)22-10-14(2)33-26-22)20(29)12-32-24(31)16-6-7-17-19(11-16)25-21-5-4-8-27(21)23(17)30/h6-7,9-11H,4-5,8,12H2,1-3H3. The SMILES string of the molecule is Cc1cc(-n2c(C)cc(C(=O)COC(=O)c3ccc4c(=O)n5c(nc4c3)CCC5)c2C)no1. The van der Waals surface area contributed by atoms with Crippen LogP contribution in [-0.4, -0.2) is 37.6 Å². The molecular formula is C24H22N4O5. The molecule has 1 aliphatic rings. The van der Waals surface area contributed by atoms with Crippen molar-refractivity contribution in [2.45, 2.75) is 40.2 Å². The quantitative estimate of drug-likeness (QED) is 0.342. The zero-order valence-electron chi connectivity index (χ0n) is 18.5. The molecule has 0 aliphatic carbocycles. The van der Waals surface area contributed by atoms with Crippen LogP contribution in [0, 0.1) is 20.8 Å². The second-order valence-electron chi connectivity index (χ2n) is 8.24. The number of aryl methyl sites for hydroxylation is 3. The minimum Gasteiger partial charge on any atom is -0.454 e. The summed E-state index contributed by atoms with van der Waals surface area (Å²) >= 11 is 0. The number of nitrogens with zero attached hydrogens (tertiary/aromatic N) is 4. The molecule has 0 spiro atoms. The molecule has 4 heterocycles. The molecule has 0 saturated heterocycles. The maximum atomic E-state index is 12.8. The van der Waals surface area contributed by atoms with E-state index in [1.807, 2.05) is 11.5 Å². The predicted octanol–water partition coefficient (Wildman–Crippen LogP) is 3.09. The Labute approximate surface area is 188 Å². The lowest BCUT2D eigenvalue weighted by molar-refractivity contribution is 0.0474. The highest BCUT2D eigenvalue weighted by Gasteiger charge is 2.21. The number of carbonyl (C=O) groups excluding carboxylic acids is 2. The van der Waals surface area contributed by atoms with Gasteiger partial charge in [-0.05, 0) is 51.5 Å². The Bertz CT molecular complexity index is 1490. The highest BCUT2D eigenvalue weighted by Crippen LogP contribution is 2.22. The van der Waals surface area contributed by atoms with Crippen LogP contribution in [-0.2, 0) is 17.7 Å². The summed E-state index contributed by atoms with van der Waals surface area (Å²) in [4.78, 5) is 42.5. The third-order valence-corrected chi connectivity index (χ3v) is 5.96. The maximum Gasteiger partial charge on any atom is 0.338 e. The van der Waals surface area contributed by atoms with Crippen LogP contribution < -0.4 is 5.56 Å². The maximum absolute atomic E-state index is 12.8. The van der Waals surface area contributed by atoms with Gasteiger partial charge in [-0.2, -0.15) is 0 Å². The number of rotatable bonds is 5. The van der Waals surface area contributed by atoms with Crippen molar-refractivity contribution in [2.24, 2.45) is 0 Å². The number of Topliss-reactive ketones (excluding diaryl/α,β-unsaturated/α-hetero) is 1. The predicted molar refractivity (Wildman–Crippen MR) is 119 cm³/mol. The molecule has 9 heteroatoms. The van der Waals surface area contributed by atoms with Gasteiger partial charge in [0.1, 0.15) is 11.6 Å². The van der Waals surface area contributed by atoms with Gasteiger partial charge in [0.15, 0.2) is 12.4 Å². The normalized spacial score (nSPS) is 12.8. The average molecular weight is 446 g/mol. The van der Waals surface area contributed by atoms with Gasteiger partial charge in [0, 0.05) is 36.0 Å². The summed E-state index contributed by atoms with van der Waals surface area (Å²) < 4.78 is 13.9. The van der Waals surface area contributed by atoms with Crippen molar-refractivity contribution in [2.75, 3.05) is 6.61 Å². The van der Waals surface area contributed by atoms with Crippen molar-refractivity contribution in [1.82, 2.24) is 19.3 Å². The molecule has 0 unspecified atom stereocenters. The van der Waals surface area contributed by atoms with Crippen LogP contribution in [0.15, 0.2) is 39.6 Å². The third kappa shape index (κ3) is 3.55. The Morgan fingerprint density at radius 3 is 2.73 bits per heavy atom. The zero-order chi connectivity index (χ0) is 23.3. The molecule has 5 rings (SSSR count). The summed E-state index contributed by atoms with van der Waals surface area (Å²) in [5, 5.41) is 4.47. The van der Waals surface area contributed by atoms with Gasteiger partial charge in [0.05, 0.1) is 16.5 Å². The van der Waals surface area contributed by atoms with Crippen LogP contribution in [0.2, 0.25) is 0 Å². The average Bonchev–Trinajstić information content (AvgIpc) is 3.50.